The van der Waals surface area contributed by atoms with Gasteiger partial charge in [-0.1, -0.05) is 32.3 Å². The van der Waals surface area contributed by atoms with Crippen molar-refractivity contribution < 1.29 is 9.47 Å². The van der Waals surface area contributed by atoms with Crippen LogP contribution in [0.15, 0.2) is 16.6 Å². The van der Waals surface area contributed by atoms with Gasteiger partial charge in [-0.15, -0.1) is 0 Å². The summed E-state index contributed by atoms with van der Waals surface area (Å²) in [7, 11) is 3.42. The van der Waals surface area contributed by atoms with Crippen LogP contribution in [-0.2, 0) is 0 Å². The molecule has 1 aliphatic carbocycles. The van der Waals surface area contributed by atoms with E-state index in [1.165, 1.54) is 37.7 Å². The maximum Gasteiger partial charge on any atom is 0.140 e. The van der Waals surface area contributed by atoms with Crippen LogP contribution >= 0.6 is 15.9 Å². The summed E-state index contributed by atoms with van der Waals surface area (Å²) in [6.07, 6.45) is 6.39. The van der Waals surface area contributed by atoms with Crippen molar-refractivity contribution in [3.05, 3.63) is 22.2 Å². The zero-order chi connectivity index (χ0) is 15.2. The fraction of sp³-hybridized carbons (Fsp3) is 0.647. The van der Waals surface area contributed by atoms with Crippen molar-refractivity contribution in [2.45, 2.75) is 51.0 Å². The van der Waals surface area contributed by atoms with Crippen molar-refractivity contribution in [2.24, 2.45) is 0 Å². The Kier molecular flexibility index (Phi) is 6.37. The Balaban J connectivity index is 2.39. The van der Waals surface area contributed by atoms with Crippen LogP contribution in [0.25, 0.3) is 0 Å². The number of benzene rings is 1. The Morgan fingerprint density at radius 1 is 1.14 bits per heavy atom. The second-order valence-electron chi connectivity index (χ2n) is 5.61. The van der Waals surface area contributed by atoms with Crippen LogP contribution in [0.4, 0.5) is 0 Å². The molecule has 2 unspecified atom stereocenters. The normalized spacial score (nSPS) is 22.7. The lowest BCUT2D eigenvalue weighted by atomic mass is 9.87. The molecule has 0 aliphatic heterocycles. The molecule has 1 aromatic carbocycles. The molecule has 2 atom stereocenters. The molecule has 1 N–H and O–H groups in total. The van der Waals surface area contributed by atoms with Crippen molar-refractivity contribution in [3.63, 3.8) is 0 Å². The van der Waals surface area contributed by atoms with E-state index >= 15 is 0 Å². The highest BCUT2D eigenvalue weighted by Crippen LogP contribution is 2.43. The van der Waals surface area contributed by atoms with E-state index < -0.39 is 0 Å². The largest absolute Gasteiger partial charge is 0.495 e. The Morgan fingerprint density at radius 2 is 1.90 bits per heavy atom. The van der Waals surface area contributed by atoms with E-state index in [-0.39, 0.29) is 0 Å². The van der Waals surface area contributed by atoms with Crippen LogP contribution in [0, 0.1) is 0 Å². The van der Waals surface area contributed by atoms with Gasteiger partial charge >= 0.3 is 0 Å². The SMILES string of the molecule is CCNC1CCCCCC1c1ccc(OC)c(Br)c1OC. The Hall–Kier alpha value is -0.740. The van der Waals surface area contributed by atoms with Gasteiger partial charge in [-0.2, -0.15) is 0 Å². The van der Waals surface area contributed by atoms with Gasteiger partial charge < -0.3 is 14.8 Å². The fourth-order valence-corrected chi connectivity index (χ4v) is 4.08. The van der Waals surface area contributed by atoms with Gasteiger partial charge in [0.25, 0.3) is 0 Å². The minimum absolute atomic E-state index is 0.504. The van der Waals surface area contributed by atoms with Gasteiger partial charge in [0.15, 0.2) is 0 Å². The minimum Gasteiger partial charge on any atom is -0.495 e. The molecule has 0 radical (unpaired) electrons. The van der Waals surface area contributed by atoms with Crippen molar-refractivity contribution in [1.29, 1.82) is 0 Å². The molecule has 0 heterocycles. The van der Waals surface area contributed by atoms with Gasteiger partial charge in [0.1, 0.15) is 16.0 Å². The molecule has 118 valence electrons. The van der Waals surface area contributed by atoms with Gasteiger partial charge in [-0.3, -0.25) is 0 Å². The second-order valence-corrected chi connectivity index (χ2v) is 6.41. The first-order valence-electron chi connectivity index (χ1n) is 7.86. The smallest absolute Gasteiger partial charge is 0.140 e. The van der Waals surface area contributed by atoms with E-state index in [1.54, 1.807) is 14.2 Å². The van der Waals surface area contributed by atoms with Crippen LogP contribution in [-0.4, -0.2) is 26.8 Å². The van der Waals surface area contributed by atoms with Gasteiger partial charge in [0.2, 0.25) is 0 Å². The molecule has 3 nitrogen and oxygen atoms in total. The third-order valence-electron chi connectivity index (χ3n) is 4.40. The summed E-state index contributed by atoms with van der Waals surface area (Å²) in [5.74, 6) is 2.25. The summed E-state index contributed by atoms with van der Waals surface area (Å²) < 4.78 is 12.0. The number of rotatable bonds is 5. The third-order valence-corrected chi connectivity index (χ3v) is 5.15. The van der Waals surface area contributed by atoms with Crippen LogP contribution in [0.2, 0.25) is 0 Å². The minimum atomic E-state index is 0.504. The molecule has 1 aromatic rings. The third kappa shape index (κ3) is 3.72. The van der Waals surface area contributed by atoms with Gasteiger partial charge in [-0.25, -0.2) is 0 Å². The summed E-state index contributed by atoms with van der Waals surface area (Å²) in [4.78, 5) is 0. The van der Waals surface area contributed by atoms with E-state index in [4.69, 9.17) is 9.47 Å². The second kappa shape index (κ2) is 8.04. The molecule has 0 bridgehead atoms. The first-order valence-corrected chi connectivity index (χ1v) is 8.66. The Labute approximate surface area is 136 Å². The molecule has 2 rings (SSSR count). The highest BCUT2D eigenvalue weighted by atomic mass is 79.9. The van der Waals surface area contributed by atoms with E-state index in [9.17, 15) is 0 Å². The van der Waals surface area contributed by atoms with Crippen molar-refractivity contribution in [2.75, 3.05) is 20.8 Å². The lowest BCUT2D eigenvalue weighted by Gasteiger charge is -2.28. The van der Waals surface area contributed by atoms with Crippen molar-refractivity contribution in [3.8, 4) is 11.5 Å². The van der Waals surface area contributed by atoms with E-state index in [1.807, 2.05) is 6.07 Å². The molecule has 21 heavy (non-hydrogen) atoms. The van der Waals surface area contributed by atoms with E-state index in [2.05, 4.69) is 34.2 Å². The Bertz CT molecular complexity index is 464. The molecule has 1 saturated carbocycles. The molecular formula is C17H26BrNO2. The molecule has 0 spiro atoms. The number of hydrogen-bond acceptors (Lipinski definition) is 3. The van der Waals surface area contributed by atoms with Crippen LogP contribution < -0.4 is 14.8 Å². The summed E-state index contributed by atoms with van der Waals surface area (Å²) in [5, 5.41) is 3.67. The van der Waals surface area contributed by atoms with Crippen molar-refractivity contribution in [1.82, 2.24) is 5.32 Å². The standard InChI is InChI=1S/C17H26BrNO2/c1-4-19-14-9-7-5-6-8-12(14)13-10-11-15(20-2)16(18)17(13)21-3/h10-12,14,19H,4-9H2,1-3H3. The maximum atomic E-state index is 5.68. The zero-order valence-electron chi connectivity index (χ0n) is 13.2. The summed E-state index contributed by atoms with van der Waals surface area (Å²) in [6, 6.07) is 4.74. The van der Waals surface area contributed by atoms with Crippen molar-refractivity contribution >= 4 is 15.9 Å². The summed E-state index contributed by atoms with van der Waals surface area (Å²) >= 11 is 3.63. The molecular weight excluding hydrogens is 330 g/mol. The Morgan fingerprint density at radius 3 is 2.57 bits per heavy atom. The first-order chi connectivity index (χ1) is 10.2. The summed E-state index contributed by atoms with van der Waals surface area (Å²) in [6.45, 7) is 3.20. The number of nitrogens with one attached hydrogen (secondary N) is 1. The highest BCUT2D eigenvalue weighted by molar-refractivity contribution is 9.10. The van der Waals surface area contributed by atoms with Gasteiger partial charge in [-0.05, 0) is 41.4 Å². The first kappa shape index (κ1) is 16.6. The monoisotopic (exact) mass is 355 g/mol. The van der Waals surface area contributed by atoms with E-state index in [0.29, 0.717) is 12.0 Å². The molecule has 1 aliphatic rings. The molecule has 4 heteroatoms. The van der Waals surface area contributed by atoms with Gasteiger partial charge in [0, 0.05) is 17.5 Å². The molecule has 1 fully saturated rings. The molecule has 0 saturated heterocycles. The average molecular weight is 356 g/mol. The molecule has 0 aromatic heterocycles. The highest BCUT2D eigenvalue weighted by Gasteiger charge is 2.28. The predicted molar refractivity (Wildman–Crippen MR) is 90.5 cm³/mol. The van der Waals surface area contributed by atoms with Crippen LogP contribution in [0.5, 0.6) is 11.5 Å². The zero-order valence-corrected chi connectivity index (χ0v) is 14.8. The van der Waals surface area contributed by atoms with Gasteiger partial charge in [0.05, 0.1) is 14.2 Å². The number of likely N-dealkylation sites (N-methyl/N-ethyl adjacent to an activating group) is 1. The molecule has 0 amide bonds. The number of hydrogen-bond donors (Lipinski definition) is 1. The lowest BCUT2D eigenvalue weighted by molar-refractivity contribution is 0.367. The maximum absolute atomic E-state index is 5.68. The van der Waals surface area contributed by atoms with Crippen LogP contribution in [0.3, 0.4) is 0 Å². The topological polar surface area (TPSA) is 30.5 Å². The average Bonchev–Trinajstić information content (AvgIpc) is 2.73. The van der Waals surface area contributed by atoms with Crippen LogP contribution in [0.1, 0.15) is 50.5 Å². The lowest BCUT2D eigenvalue weighted by Crippen LogP contribution is -2.34. The number of methoxy groups -OCH3 is 2. The van der Waals surface area contributed by atoms with E-state index in [0.717, 1.165) is 22.5 Å². The fourth-order valence-electron chi connectivity index (χ4n) is 3.40. The summed E-state index contributed by atoms with van der Waals surface area (Å²) in [5.41, 5.74) is 1.29. The quantitative estimate of drug-likeness (QED) is 0.789. The number of ether oxygens (including phenoxy) is 2. The predicted octanol–water partition coefficient (Wildman–Crippen LogP) is 4.49. The number of halogens is 1.